The van der Waals surface area contributed by atoms with Gasteiger partial charge in [0.05, 0.1) is 11.8 Å². The molecular weight excluding hydrogens is 352 g/mol. The molecule has 8 heteroatoms. The Morgan fingerprint density at radius 2 is 1.92 bits per heavy atom. The molecule has 0 aliphatic carbocycles. The Morgan fingerprint density at radius 3 is 2.54 bits per heavy atom. The number of nitrogens with two attached hydrogens (primary N) is 1. The van der Waals surface area contributed by atoms with E-state index in [2.05, 4.69) is 15.3 Å². The maximum atomic E-state index is 11.5. The molecule has 1 amide bonds. The molecular formula is C18H18N4O3S. The third-order valence-electron chi connectivity index (χ3n) is 4.02. The second kappa shape index (κ2) is 7.09. The largest absolute Gasteiger partial charge is 0.480 e. The van der Waals surface area contributed by atoms with Gasteiger partial charge >= 0.3 is 5.97 Å². The molecule has 1 unspecified atom stereocenters. The van der Waals surface area contributed by atoms with Crippen molar-refractivity contribution in [1.82, 2.24) is 9.97 Å². The van der Waals surface area contributed by atoms with Gasteiger partial charge in [-0.15, -0.1) is 11.3 Å². The quantitative estimate of drug-likeness (QED) is 0.614. The van der Waals surface area contributed by atoms with E-state index >= 15 is 0 Å². The molecule has 0 saturated heterocycles. The molecule has 2 aromatic heterocycles. The Kier molecular flexibility index (Phi) is 4.85. The predicted octanol–water partition coefficient (Wildman–Crippen LogP) is 2.72. The zero-order valence-electron chi connectivity index (χ0n) is 14.3. The SMILES string of the molecule is Cc1ccc(-c2c(C)sc3ncnc(NC(CC(N)=O)C(=O)O)c23)cc1. The van der Waals surface area contributed by atoms with Gasteiger partial charge in [-0.3, -0.25) is 4.79 Å². The van der Waals surface area contributed by atoms with Crippen LogP contribution in [0.25, 0.3) is 21.3 Å². The summed E-state index contributed by atoms with van der Waals surface area (Å²) in [5.74, 6) is -1.49. The molecule has 3 rings (SSSR count). The topological polar surface area (TPSA) is 118 Å². The minimum absolute atomic E-state index is 0.330. The highest BCUT2D eigenvalue weighted by atomic mass is 32.1. The van der Waals surface area contributed by atoms with Crippen LogP contribution in [-0.2, 0) is 9.59 Å². The fourth-order valence-electron chi connectivity index (χ4n) is 2.79. The summed E-state index contributed by atoms with van der Waals surface area (Å²) in [6.07, 6.45) is 1.05. The van der Waals surface area contributed by atoms with E-state index in [0.717, 1.165) is 31.8 Å². The third-order valence-corrected chi connectivity index (χ3v) is 5.03. The van der Waals surface area contributed by atoms with Crippen molar-refractivity contribution < 1.29 is 14.7 Å². The molecule has 4 N–H and O–H groups in total. The Labute approximate surface area is 153 Å². The first kappa shape index (κ1) is 17.8. The number of hydrogen-bond acceptors (Lipinski definition) is 6. The van der Waals surface area contributed by atoms with Crippen LogP contribution < -0.4 is 11.1 Å². The number of carboxylic acid groups (broad SMARTS) is 1. The number of primary amides is 1. The summed E-state index contributed by atoms with van der Waals surface area (Å²) in [5, 5.41) is 13.0. The van der Waals surface area contributed by atoms with Gasteiger partial charge in [-0.25, -0.2) is 14.8 Å². The van der Waals surface area contributed by atoms with Gasteiger partial charge in [-0.2, -0.15) is 0 Å². The number of thiophene rings is 1. The molecule has 7 nitrogen and oxygen atoms in total. The first-order chi connectivity index (χ1) is 12.4. The average molecular weight is 370 g/mol. The number of nitrogens with zero attached hydrogens (tertiary/aromatic N) is 2. The monoisotopic (exact) mass is 370 g/mol. The molecule has 0 aliphatic rings. The van der Waals surface area contributed by atoms with E-state index in [4.69, 9.17) is 5.73 Å². The number of aryl methyl sites for hydroxylation is 2. The highest BCUT2D eigenvalue weighted by Crippen LogP contribution is 2.40. The van der Waals surface area contributed by atoms with Gasteiger partial charge in [0.1, 0.15) is 23.0 Å². The summed E-state index contributed by atoms with van der Waals surface area (Å²) < 4.78 is 0. The summed E-state index contributed by atoms with van der Waals surface area (Å²) >= 11 is 1.51. The number of carbonyl (C=O) groups excluding carboxylic acids is 1. The highest BCUT2D eigenvalue weighted by Gasteiger charge is 2.23. The fourth-order valence-corrected chi connectivity index (χ4v) is 3.80. The highest BCUT2D eigenvalue weighted by molar-refractivity contribution is 7.19. The van der Waals surface area contributed by atoms with Crippen LogP contribution in [0.15, 0.2) is 30.6 Å². The number of rotatable bonds is 6. The number of nitrogens with one attached hydrogen (secondary N) is 1. The van der Waals surface area contributed by atoms with Crippen LogP contribution in [0.1, 0.15) is 16.9 Å². The van der Waals surface area contributed by atoms with Crippen molar-refractivity contribution in [2.24, 2.45) is 5.73 Å². The van der Waals surface area contributed by atoms with E-state index < -0.39 is 17.9 Å². The van der Waals surface area contributed by atoms with Crippen LogP contribution in [0.3, 0.4) is 0 Å². The van der Waals surface area contributed by atoms with Crippen molar-refractivity contribution in [3.8, 4) is 11.1 Å². The second-order valence-electron chi connectivity index (χ2n) is 6.01. The molecule has 3 aromatic rings. The van der Waals surface area contributed by atoms with Gasteiger partial charge in [0.15, 0.2) is 0 Å². The summed E-state index contributed by atoms with van der Waals surface area (Å²) in [6, 6.07) is 6.90. The molecule has 134 valence electrons. The molecule has 0 radical (unpaired) electrons. The number of aromatic nitrogens is 2. The molecule has 1 aromatic carbocycles. The van der Waals surface area contributed by atoms with Gasteiger partial charge < -0.3 is 16.2 Å². The van der Waals surface area contributed by atoms with Gasteiger partial charge in [0, 0.05) is 10.4 Å². The molecule has 1 atom stereocenters. The van der Waals surface area contributed by atoms with E-state index in [1.807, 2.05) is 38.1 Å². The van der Waals surface area contributed by atoms with Crippen LogP contribution in [0.4, 0.5) is 5.82 Å². The molecule has 0 bridgehead atoms. The van der Waals surface area contributed by atoms with Gasteiger partial charge in [0.2, 0.25) is 5.91 Å². The Hall–Kier alpha value is -3.00. The Balaban J connectivity index is 2.13. The number of aliphatic carboxylic acids is 1. The summed E-state index contributed by atoms with van der Waals surface area (Å²) in [4.78, 5) is 33.0. The van der Waals surface area contributed by atoms with Crippen LogP contribution in [-0.4, -0.2) is 33.0 Å². The van der Waals surface area contributed by atoms with Crippen LogP contribution in [0, 0.1) is 13.8 Å². The van der Waals surface area contributed by atoms with Gasteiger partial charge in [-0.1, -0.05) is 29.8 Å². The lowest BCUT2D eigenvalue weighted by Crippen LogP contribution is -2.34. The standard InChI is InChI=1S/C18H18N4O3S/c1-9-3-5-11(6-4-9)14-10(2)26-17-15(14)16(20-8-21-17)22-12(18(24)25)7-13(19)23/h3-6,8,12H,7H2,1-2H3,(H2,19,23)(H,24,25)(H,20,21,22). The van der Waals surface area contributed by atoms with Crippen molar-refractivity contribution in [3.05, 3.63) is 41.0 Å². The van der Waals surface area contributed by atoms with Crippen molar-refractivity contribution in [2.45, 2.75) is 26.3 Å². The first-order valence-corrected chi connectivity index (χ1v) is 8.77. The van der Waals surface area contributed by atoms with Crippen molar-refractivity contribution >= 4 is 39.2 Å². The maximum absolute atomic E-state index is 11.5. The minimum atomic E-state index is -1.17. The lowest BCUT2D eigenvalue weighted by Gasteiger charge is -2.15. The average Bonchev–Trinajstić information content (AvgIpc) is 2.91. The number of benzene rings is 1. The normalized spacial score (nSPS) is 12.1. The number of fused-ring (bicyclic) bond motifs is 1. The first-order valence-electron chi connectivity index (χ1n) is 7.95. The van der Waals surface area contributed by atoms with Crippen molar-refractivity contribution in [2.75, 3.05) is 5.32 Å². The van der Waals surface area contributed by atoms with E-state index in [1.54, 1.807) is 0 Å². The molecule has 0 fully saturated rings. The molecule has 0 spiro atoms. The molecule has 26 heavy (non-hydrogen) atoms. The zero-order valence-corrected chi connectivity index (χ0v) is 15.1. The smallest absolute Gasteiger partial charge is 0.326 e. The van der Waals surface area contributed by atoms with E-state index in [1.165, 1.54) is 17.7 Å². The van der Waals surface area contributed by atoms with Crippen LogP contribution >= 0.6 is 11.3 Å². The maximum Gasteiger partial charge on any atom is 0.326 e. The minimum Gasteiger partial charge on any atom is -0.480 e. The number of amides is 1. The lowest BCUT2D eigenvalue weighted by molar-refractivity contribution is -0.139. The van der Waals surface area contributed by atoms with Crippen molar-refractivity contribution in [3.63, 3.8) is 0 Å². The number of carboxylic acids is 1. The van der Waals surface area contributed by atoms with Crippen LogP contribution in [0.2, 0.25) is 0 Å². The van der Waals surface area contributed by atoms with E-state index in [-0.39, 0.29) is 6.42 Å². The molecule has 0 saturated carbocycles. The second-order valence-corrected chi connectivity index (χ2v) is 7.21. The Morgan fingerprint density at radius 1 is 1.23 bits per heavy atom. The number of hydrogen-bond donors (Lipinski definition) is 3. The summed E-state index contributed by atoms with van der Waals surface area (Å²) in [7, 11) is 0. The number of anilines is 1. The molecule has 2 heterocycles. The zero-order chi connectivity index (χ0) is 18.8. The number of carbonyl (C=O) groups is 2. The molecule has 0 aliphatic heterocycles. The Bertz CT molecular complexity index is 982. The predicted molar refractivity (Wildman–Crippen MR) is 101 cm³/mol. The lowest BCUT2D eigenvalue weighted by atomic mass is 10.0. The summed E-state index contributed by atoms with van der Waals surface area (Å²) in [5.41, 5.74) is 8.26. The van der Waals surface area contributed by atoms with Crippen molar-refractivity contribution in [1.29, 1.82) is 0 Å². The van der Waals surface area contributed by atoms with Gasteiger partial charge in [-0.05, 0) is 19.4 Å². The van der Waals surface area contributed by atoms with E-state index in [0.29, 0.717) is 5.82 Å². The third kappa shape index (κ3) is 3.50. The van der Waals surface area contributed by atoms with Gasteiger partial charge in [0.25, 0.3) is 0 Å². The summed E-state index contributed by atoms with van der Waals surface area (Å²) in [6.45, 7) is 4.00. The fraction of sp³-hybridized carbons (Fsp3) is 0.222. The van der Waals surface area contributed by atoms with Crippen LogP contribution in [0.5, 0.6) is 0 Å². The van der Waals surface area contributed by atoms with E-state index in [9.17, 15) is 14.7 Å².